The van der Waals surface area contributed by atoms with Crippen LogP contribution in [0.15, 0.2) is 41.3 Å². The molecular formula is C22H23ClFN3O4. The van der Waals surface area contributed by atoms with Crippen molar-refractivity contribution in [2.45, 2.75) is 20.4 Å². The summed E-state index contributed by atoms with van der Waals surface area (Å²) in [6, 6.07) is 8.02. The van der Waals surface area contributed by atoms with Gasteiger partial charge < -0.3 is 24.1 Å². The molecule has 3 rings (SSSR count). The molecular weight excluding hydrogens is 425 g/mol. The molecule has 0 aliphatic heterocycles. The Morgan fingerprint density at radius 2 is 1.84 bits per heavy atom. The van der Waals surface area contributed by atoms with Gasteiger partial charge in [-0.05, 0) is 43.2 Å². The minimum Gasteiger partial charge on any atom is -0.493 e. The van der Waals surface area contributed by atoms with Gasteiger partial charge in [0.25, 0.3) is 0 Å². The molecule has 1 heterocycles. The Labute approximate surface area is 184 Å². The lowest BCUT2D eigenvalue weighted by atomic mass is 10.1. The van der Waals surface area contributed by atoms with Crippen molar-refractivity contribution in [2.75, 3.05) is 26.1 Å². The first-order valence-electron chi connectivity index (χ1n) is 9.54. The van der Waals surface area contributed by atoms with E-state index < -0.39 is 11.4 Å². The van der Waals surface area contributed by atoms with E-state index in [1.54, 1.807) is 44.0 Å². The third-order valence-electron chi connectivity index (χ3n) is 4.58. The van der Waals surface area contributed by atoms with E-state index in [1.165, 1.54) is 12.1 Å². The lowest BCUT2D eigenvalue weighted by Crippen LogP contribution is -2.19. The van der Waals surface area contributed by atoms with Crippen molar-refractivity contribution in [1.29, 1.82) is 0 Å². The van der Waals surface area contributed by atoms with E-state index in [0.717, 1.165) is 11.1 Å². The topological polar surface area (TPSA) is 74.6 Å². The fourth-order valence-electron chi connectivity index (χ4n) is 3.02. The molecule has 0 radical (unpaired) electrons. The number of nitrogens with zero attached hydrogens (tertiary/aromatic N) is 2. The standard InChI is InChI=1S/C22H23ClFN3O4/c1-5-31-20-12-27(11-14-6-7-16(24)15(23)9-14)22(26-21(20)28)25-17-10-19(30-4)18(29-3)8-13(17)2/h6-10,12H,5,11H2,1-4H3,(H,25,26,28). The van der Waals surface area contributed by atoms with Crippen LogP contribution in [0.5, 0.6) is 17.2 Å². The molecule has 164 valence electrons. The van der Waals surface area contributed by atoms with E-state index in [4.69, 9.17) is 25.8 Å². The number of anilines is 2. The molecule has 0 fully saturated rings. The smallest absolute Gasteiger partial charge is 0.316 e. The molecule has 0 unspecified atom stereocenters. The van der Waals surface area contributed by atoms with E-state index in [2.05, 4.69) is 10.3 Å². The first kappa shape index (κ1) is 22.4. The predicted molar refractivity (Wildman–Crippen MR) is 118 cm³/mol. The third kappa shape index (κ3) is 5.08. The Hall–Kier alpha value is -3.26. The van der Waals surface area contributed by atoms with Gasteiger partial charge in [-0.1, -0.05) is 17.7 Å². The van der Waals surface area contributed by atoms with Gasteiger partial charge in [0.05, 0.1) is 38.6 Å². The predicted octanol–water partition coefficient (Wildman–Crippen LogP) is 4.55. The minimum atomic E-state index is -0.504. The van der Waals surface area contributed by atoms with Crippen LogP contribution in [0.1, 0.15) is 18.1 Å². The van der Waals surface area contributed by atoms with Crippen LogP contribution in [0.2, 0.25) is 5.02 Å². The second kappa shape index (κ2) is 9.70. The van der Waals surface area contributed by atoms with Crippen LogP contribution in [0, 0.1) is 12.7 Å². The summed E-state index contributed by atoms with van der Waals surface area (Å²) in [5, 5.41) is 3.19. The summed E-state index contributed by atoms with van der Waals surface area (Å²) < 4.78 is 31.4. The number of rotatable bonds is 8. The minimum absolute atomic E-state index is 0.0155. The van der Waals surface area contributed by atoms with Gasteiger partial charge in [-0.3, -0.25) is 4.79 Å². The average Bonchev–Trinajstić information content (AvgIpc) is 2.75. The van der Waals surface area contributed by atoms with Gasteiger partial charge in [0.2, 0.25) is 11.7 Å². The quantitative estimate of drug-likeness (QED) is 0.546. The molecule has 0 spiro atoms. The molecule has 0 bridgehead atoms. The normalized spacial score (nSPS) is 10.6. The number of benzene rings is 2. The molecule has 31 heavy (non-hydrogen) atoms. The number of hydrogen-bond acceptors (Lipinski definition) is 6. The van der Waals surface area contributed by atoms with Gasteiger partial charge in [-0.15, -0.1) is 0 Å². The first-order chi connectivity index (χ1) is 14.9. The van der Waals surface area contributed by atoms with Crippen molar-refractivity contribution in [3.05, 3.63) is 68.8 Å². The number of aromatic nitrogens is 2. The molecule has 0 saturated carbocycles. The second-order valence-electron chi connectivity index (χ2n) is 6.69. The maximum absolute atomic E-state index is 13.6. The Balaban J connectivity index is 2.05. The fraction of sp³-hybridized carbons (Fsp3) is 0.273. The van der Waals surface area contributed by atoms with Crippen molar-refractivity contribution in [3.63, 3.8) is 0 Å². The van der Waals surface area contributed by atoms with Crippen molar-refractivity contribution < 1.29 is 18.6 Å². The highest BCUT2D eigenvalue weighted by molar-refractivity contribution is 6.30. The van der Waals surface area contributed by atoms with Crippen molar-refractivity contribution in [1.82, 2.24) is 9.55 Å². The highest BCUT2D eigenvalue weighted by atomic mass is 35.5. The SMILES string of the molecule is CCOc1cn(Cc2ccc(F)c(Cl)c2)c(Nc2cc(OC)c(OC)cc2C)nc1=O. The highest BCUT2D eigenvalue weighted by Crippen LogP contribution is 2.34. The molecule has 0 amide bonds. The first-order valence-corrected chi connectivity index (χ1v) is 9.91. The zero-order valence-corrected chi connectivity index (χ0v) is 18.4. The third-order valence-corrected chi connectivity index (χ3v) is 4.87. The summed E-state index contributed by atoms with van der Waals surface area (Å²) in [5.74, 6) is 1.01. The van der Waals surface area contributed by atoms with Crippen LogP contribution < -0.4 is 25.1 Å². The maximum Gasteiger partial charge on any atom is 0.316 e. The zero-order chi connectivity index (χ0) is 22.5. The summed E-state index contributed by atoms with van der Waals surface area (Å²) in [6.07, 6.45) is 1.56. The molecule has 0 aliphatic rings. The molecule has 0 atom stereocenters. The van der Waals surface area contributed by atoms with Gasteiger partial charge in [0, 0.05) is 11.8 Å². The molecule has 0 saturated heterocycles. The van der Waals surface area contributed by atoms with Gasteiger partial charge in [0.1, 0.15) is 5.82 Å². The number of halogens is 2. The van der Waals surface area contributed by atoms with E-state index >= 15 is 0 Å². The highest BCUT2D eigenvalue weighted by Gasteiger charge is 2.14. The summed E-state index contributed by atoms with van der Waals surface area (Å²) in [4.78, 5) is 16.6. The number of nitrogens with one attached hydrogen (secondary N) is 1. The van der Waals surface area contributed by atoms with E-state index in [9.17, 15) is 9.18 Å². The maximum atomic E-state index is 13.6. The number of hydrogen-bond donors (Lipinski definition) is 1. The molecule has 1 aromatic heterocycles. The van der Waals surface area contributed by atoms with Crippen LogP contribution in [0.25, 0.3) is 0 Å². The molecule has 2 aromatic carbocycles. The van der Waals surface area contributed by atoms with Crippen LogP contribution in [-0.4, -0.2) is 30.4 Å². The van der Waals surface area contributed by atoms with Crippen LogP contribution in [0.4, 0.5) is 16.0 Å². The van der Waals surface area contributed by atoms with Gasteiger partial charge in [-0.2, -0.15) is 4.98 Å². The summed E-state index contributed by atoms with van der Waals surface area (Å²) in [6.45, 7) is 4.27. The summed E-state index contributed by atoms with van der Waals surface area (Å²) in [7, 11) is 3.10. The Kier molecular flexibility index (Phi) is 7.02. The largest absolute Gasteiger partial charge is 0.493 e. The van der Waals surface area contributed by atoms with Crippen molar-refractivity contribution in [3.8, 4) is 17.2 Å². The van der Waals surface area contributed by atoms with E-state index in [1.807, 2.05) is 13.0 Å². The molecule has 9 heteroatoms. The van der Waals surface area contributed by atoms with Crippen LogP contribution in [0.3, 0.4) is 0 Å². The summed E-state index contributed by atoms with van der Waals surface area (Å²) >= 11 is 5.92. The molecule has 0 aliphatic carbocycles. The van der Waals surface area contributed by atoms with Gasteiger partial charge in [-0.25, -0.2) is 4.39 Å². The number of ether oxygens (including phenoxy) is 3. The fourth-order valence-corrected chi connectivity index (χ4v) is 3.22. The van der Waals surface area contributed by atoms with E-state index in [-0.39, 0.29) is 23.3 Å². The van der Waals surface area contributed by atoms with Gasteiger partial charge in [0.15, 0.2) is 11.5 Å². The zero-order valence-electron chi connectivity index (χ0n) is 17.7. The summed E-state index contributed by atoms with van der Waals surface area (Å²) in [5.41, 5.74) is 1.76. The lowest BCUT2D eigenvalue weighted by molar-refractivity contribution is 0.331. The lowest BCUT2D eigenvalue weighted by Gasteiger charge is -2.18. The van der Waals surface area contributed by atoms with Crippen LogP contribution >= 0.6 is 11.6 Å². The number of aryl methyl sites for hydroxylation is 1. The number of methoxy groups -OCH3 is 2. The molecule has 1 N–H and O–H groups in total. The van der Waals surface area contributed by atoms with Gasteiger partial charge >= 0.3 is 5.56 Å². The monoisotopic (exact) mass is 447 g/mol. The average molecular weight is 448 g/mol. The van der Waals surface area contributed by atoms with Crippen LogP contribution in [-0.2, 0) is 6.54 Å². The van der Waals surface area contributed by atoms with Crippen molar-refractivity contribution in [2.24, 2.45) is 0 Å². The Bertz CT molecular complexity index is 1150. The van der Waals surface area contributed by atoms with Crippen molar-refractivity contribution >= 4 is 23.2 Å². The Morgan fingerprint density at radius 1 is 1.13 bits per heavy atom. The molecule has 3 aromatic rings. The molecule has 7 nitrogen and oxygen atoms in total. The second-order valence-corrected chi connectivity index (χ2v) is 7.10. The van der Waals surface area contributed by atoms with E-state index in [0.29, 0.717) is 23.8 Å². The Morgan fingerprint density at radius 3 is 2.48 bits per heavy atom.